The van der Waals surface area contributed by atoms with Gasteiger partial charge in [0.2, 0.25) is 0 Å². The molecule has 2 aromatic heterocycles. The highest BCUT2D eigenvalue weighted by molar-refractivity contribution is 7.80. The molecule has 0 saturated carbocycles. The molecule has 0 aliphatic carbocycles. The van der Waals surface area contributed by atoms with E-state index >= 15 is 0 Å². The molecule has 1 N–H and O–H groups in total. The van der Waals surface area contributed by atoms with Crippen molar-refractivity contribution in [3.63, 3.8) is 0 Å². The summed E-state index contributed by atoms with van der Waals surface area (Å²) in [6.07, 6.45) is 1.77. The van der Waals surface area contributed by atoms with Crippen LogP contribution in [-0.4, -0.2) is 22.0 Å². The molecule has 3 aromatic rings. The summed E-state index contributed by atoms with van der Waals surface area (Å²) in [5.41, 5.74) is 1.71. The molecule has 2 atom stereocenters. The highest BCUT2D eigenvalue weighted by Gasteiger charge is 2.39. The van der Waals surface area contributed by atoms with Crippen LogP contribution in [0.15, 0.2) is 59.1 Å². The van der Waals surface area contributed by atoms with Gasteiger partial charge in [-0.2, -0.15) is 0 Å². The second kappa shape index (κ2) is 6.91. The van der Waals surface area contributed by atoms with E-state index in [0.717, 1.165) is 17.0 Å². The molecule has 4 rings (SSSR count). The molecule has 3 heterocycles. The van der Waals surface area contributed by atoms with Gasteiger partial charge >= 0.3 is 0 Å². The lowest BCUT2D eigenvalue weighted by Crippen LogP contribution is -2.24. The van der Waals surface area contributed by atoms with Crippen molar-refractivity contribution in [2.24, 2.45) is 0 Å². The Bertz CT molecular complexity index is 960. The number of aromatic nitrogens is 1. The van der Waals surface area contributed by atoms with Crippen LogP contribution < -0.4 is 5.32 Å². The van der Waals surface area contributed by atoms with Gasteiger partial charge in [0.15, 0.2) is 5.11 Å². The second-order valence-corrected chi connectivity index (χ2v) is 7.29. The number of benzene rings is 1. The van der Waals surface area contributed by atoms with E-state index in [1.54, 1.807) is 18.3 Å². The normalized spacial score (nSPS) is 19.7. The summed E-state index contributed by atoms with van der Waals surface area (Å²) in [5, 5.41) is 5.13. The van der Waals surface area contributed by atoms with Crippen LogP contribution in [0.4, 0.5) is 0 Å². The van der Waals surface area contributed by atoms with Gasteiger partial charge in [-0.1, -0.05) is 29.3 Å². The number of thiocarbonyl (C=S) groups is 1. The zero-order valence-electron chi connectivity index (χ0n) is 13.8. The Kier molecular flexibility index (Phi) is 4.61. The Morgan fingerprint density at radius 2 is 2.00 bits per heavy atom. The van der Waals surface area contributed by atoms with Gasteiger partial charge in [-0.3, -0.25) is 4.98 Å². The molecule has 1 aliphatic heterocycles. The SMILES string of the molecule is CN1C(=S)N[C@H](c2ccccn2)[C@H]1c1ccc(-c2ccc(Cl)cc2Cl)o1. The monoisotopic (exact) mass is 403 g/mol. The van der Waals surface area contributed by atoms with Gasteiger partial charge in [-0.25, -0.2) is 0 Å². The molecule has 0 unspecified atom stereocenters. The van der Waals surface area contributed by atoms with E-state index in [0.29, 0.717) is 20.9 Å². The molecule has 0 bridgehead atoms. The Balaban J connectivity index is 1.72. The number of nitrogens with zero attached hydrogens (tertiary/aromatic N) is 2. The maximum Gasteiger partial charge on any atom is 0.170 e. The van der Waals surface area contributed by atoms with E-state index < -0.39 is 0 Å². The molecule has 1 fully saturated rings. The average molecular weight is 404 g/mol. The zero-order chi connectivity index (χ0) is 18.3. The quantitative estimate of drug-likeness (QED) is 0.604. The number of hydrogen-bond donors (Lipinski definition) is 1. The van der Waals surface area contributed by atoms with Crippen molar-refractivity contribution in [1.82, 2.24) is 15.2 Å². The molecular formula is C19H15Cl2N3OS. The largest absolute Gasteiger partial charge is 0.459 e. The summed E-state index contributed by atoms with van der Waals surface area (Å²) >= 11 is 17.7. The van der Waals surface area contributed by atoms with Crippen LogP contribution in [0.5, 0.6) is 0 Å². The van der Waals surface area contributed by atoms with E-state index in [2.05, 4.69) is 10.3 Å². The Labute approximate surface area is 166 Å². The lowest BCUT2D eigenvalue weighted by Gasteiger charge is -2.21. The summed E-state index contributed by atoms with van der Waals surface area (Å²) in [7, 11) is 1.94. The van der Waals surface area contributed by atoms with Crippen LogP contribution in [-0.2, 0) is 0 Å². The second-order valence-electron chi connectivity index (χ2n) is 6.06. The molecule has 7 heteroatoms. The Morgan fingerprint density at radius 3 is 2.73 bits per heavy atom. The first-order chi connectivity index (χ1) is 12.5. The lowest BCUT2D eigenvalue weighted by molar-refractivity contribution is 0.310. The predicted molar refractivity (Wildman–Crippen MR) is 107 cm³/mol. The predicted octanol–water partition coefficient (Wildman–Crippen LogP) is 5.25. The summed E-state index contributed by atoms with van der Waals surface area (Å²) < 4.78 is 6.15. The number of pyridine rings is 1. The van der Waals surface area contributed by atoms with E-state index in [9.17, 15) is 0 Å². The minimum atomic E-state index is -0.0998. The van der Waals surface area contributed by atoms with Gasteiger partial charge in [-0.05, 0) is 54.7 Å². The summed E-state index contributed by atoms with van der Waals surface area (Å²) in [6, 6.07) is 14.9. The molecule has 1 aliphatic rings. The third kappa shape index (κ3) is 3.07. The van der Waals surface area contributed by atoms with E-state index in [1.165, 1.54) is 0 Å². The van der Waals surface area contributed by atoms with E-state index in [1.807, 2.05) is 48.3 Å². The van der Waals surface area contributed by atoms with Crippen molar-refractivity contribution in [3.8, 4) is 11.3 Å². The zero-order valence-corrected chi connectivity index (χ0v) is 16.1. The topological polar surface area (TPSA) is 41.3 Å². The van der Waals surface area contributed by atoms with Crippen molar-refractivity contribution < 1.29 is 4.42 Å². The Hall–Kier alpha value is -2.08. The number of hydrogen-bond acceptors (Lipinski definition) is 3. The molecule has 0 spiro atoms. The van der Waals surface area contributed by atoms with Gasteiger partial charge in [0.05, 0.1) is 16.8 Å². The van der Waals surface area contributed by atoms with Crippen LogP contribution in [0, 0.1) is 0 Å². The van der Waals surface area contributed by atoms with Crippen LogP contribution in [0.25, 0.3) is 11.3 Å². The summed E-state index contributed by atoms with van der Waals surface area (Å²) in [5.74, 6) is 1.48. The molecule has 1 saturated heterocycles. The number of rotatable bonds is 3. The van der Waals surface area contributed by atoms with E-state index in [-0.39, 0.29) is 12.1 Å². The third-order valence-electron chi connectivity index (χ3n) is 4.45. The molecule has 0 radical (unpaired) electrons. The highest BCUT2D eigenvalue weighted by Crippen LogP contribution is 2.40. The fourth-order valence-electron chi connectivity index (χ4n) is 3.16. The number of furan rings is 1. The number of nitrogens with one attached hydrogen (secondary N) is 1. The van der Waals surface area contributed by atoms with Gasteiger partial charge in [0.25, 0.3) is 0 Å². The standard InChI is InChI=1S/C19H15Cl2N3OS/c1-24-18(17(23-19(24)26)14-4-2-3-9-22-14)16-8-7-15(25-16)12-6-5-11(20)10-13(12)21/h2-10,17-18H,1H3,(H,23,26)/t17-,18-/m1/s1. The maximum atomic E-state index is 6.31. The first kappa shape index (κ1) is 17.3. The lowest BCUT2D eigenvalue weighted by atomic mass is 10.0. The molecule has 0 amide bonds. The Morgan fingerprint density at radius 1 is 1.15 bits per heavy atom. The van der Waals surface area contributed by atoms with Gasteiger partial charge in [0.1, 0.15) is 17.6 Å². The van der Waals surface area contributed by atoms with E-state index in [4.69, 9.17) is 39.8 Å². The average Bonchev–Trinajstić information content (AvgIpc) is 3.21. The fraction of sp³-hybridized carbons (Fsp3) is 0.158. The molecule has 132 valence electrons. The van der Waals surface area contributed by atoms with Crippen LogP contribution in [0.2, 0.25) is 10.0 Å². The first-order valence-electron chi connectivity index (χ1n) is 8.04. The van der Waals surface area contributed by atoms with Crippen LogP contribution in [0.3, 0.4) is 0 Å². The summed E-state index contributed by atoms with van der Waals surface area (Å²) in [6.45, 7) is 0. The van der Waals surface area contributed by atoms with Crippen molar-refractivity contribution >= 4 is 40.5 Å². The molecule has 4 nitrogen and oxygen atoms in total. The van der Waals surface area contributed by atoms with Crippen LogP contribution >= 0.6 is 35.4 Å². The van der Waals surface area contributed by atoms with Crippen molar-refractivity contribution in [2.75, 3.05) is 7.05 Å². The molecular weight excluding hydrogens is 389 g/mol. The first-order valence-corrected chi connectivity index (χ1v) is 9.20. The molecule has 26 heavy (non-hydrogen) atoms. The third-order valence-corrected chi connectivity index (χ3v) is 5.41. The van der Waals surface area contributed by atoms with Crippen molar-refractivity contribution in [2.45, 2.75) is 12.1 Å². The van der Waals surface area contributed by atoms with Crippen molar-refractivity contribution in [3.05, 3.63) is 76.2 Å². The smallest absolute Gasteiger partial charge is 0.170 e. The summed E-state index contributed by atoms with van der Waals surface area (Å²) in [4.78, 5) is 6.45. The maximum absolute atomic E-state index is 6.31. The number of halogens is 2. The van der Waals surface area contributed by atoms with Crippen LogP contribution in [0.1, 0.15) is 23.5 Å². The molecule has 1 aromatic carbocycles. The van der Waals surface area contributed by atoms with Gasteiger partial charge in [0, 0.05) is 23.8 Å². The highest BCUT2D eigenvalue weighted by atomic mass is 35.5. The number of likely N-dealkylation sites (N-methyl/N-ethyl adjacent to an activating group) is 1. The van der Waals surface area contributed by atoms with Gasteiger partial charge in [-0.15, -0.1) is 0 Å². The fourth-order valence-corrected chi connectivity index (χ4v) is 3.90. The minimum Gasteiger partial charge on any atom is -0.459 e. The van der Waals surface area contributed by atoms with Gasteiger partial charge < -0.3 is 14.6 Å². The minimum absolute atomic E-state index is 0.0895. The van der Waals surface area contributed by atoms with Crippen molar-refractivity contribution in [1.29, 1.82) is 0 Å².